The third kappa shape index (κ3) is 5.42. The largest absolute Gasteiger partial charge is 0.350 e. The van der Waals surface area contributed by atoms with E-state index in [4.69, 9.17) is 0 Å². The van der Waals surface area contributed by atoms with Gasteiger partial charge in [-0.2, -0.15) is 0 Å². The van der Waals surface area contributed by atoms with E-state index in [-0.39, 0.29) is 18.4 Å². The molecule has 1 aliphatic heterocycles. The molecular weight excluding hydrogens is 350 g/mol. The number of likely N-dealkylation sites (tertiary alicyclic amines) is 1. The molecule has 5 nitrogen and oxygen atoms in total. The van der Waals surface area contributed by atoms with E-state index < -0.39 is 0 Å². The zero-order valence-electron chi connectivity index (χ0n) is 16.8. The fraction of sp³-hybridized carbons (Fsp3) is 0.391. The summed E-state index contributed by atoms with van der Waals surface area (Å²) in [6.45, 7) is 7.64. The van der Waals surface area contributed by atoms with E-state index in [1.807, 2.05) is 38.1 Å². The average Bonchev–Trinajstić information content (AvgIpc) is 3.20. The highest BCUT2D eigenvalue weighted by atomic mass is 16.2. The molecule has 2 aromatic carbocycles. The third-order valence-corrected chi connectivity index (χ3v) is 5.37. The Morgan fingerprint density at radius 1 is 0.929 bits per heavy atom. The summed E-state index contributed by atoms with van der Waals surface area (Å²) in [6, 6.07) is 13.8. The van der Waals surface area contributed by atoms with Gasteiger partial charge in [0, 0.05) is 18.7 Å². The second-order valence-electron chi connectivity index (χ2n) is 7.51. The van der Waals surface area contributed by atoms with Gasteiger partial charge in [-0.15, -0.1) is 0 Å². The molecule has 2 N–H and O–H groups in total. The van der Waals surface area contributed by atoms with E-state index in [1.165, 1.54) is 18.4 Å². The van der Waals surface area contributed by atoms with Gasteiger partial charge in [0.2, 0.25) is 5.91 Å². The minimum Gasteiger partial charge on any atom is -0.350 e. The summed E-state index contributed by atoms with van der Waals surface area (Å²) in [5, 5.41) is 5.62. The van der Waals surface area contributed by atoms with E-state index in [2.05, 4.69) is 27.7 Å². The van der Waals surface area contributed by atoms with Crippen molar-refractivity contribution < 1.29 is 9.59 Å². The Morgan fingerprint density at radius 3 is 2.36 bits per heavy atom. The van der Waals surface area contributed by atoms with Crippen molar-refractivity contribution in [1.82, 2.24) is 15.5 Å². The van der Waals surface area contributed by atoms with E-state index in [9.17, 15) is 9.59 Å². The Balaban J connectivity index is 1.49. The summed E-state index contributed by atoms with van der Waals surface area (Å²) in [6.07, 6.45) is 2.53. The molecule has 0 saturated carbocycles. The normalized spacial score (nSPS) is 14.1. The lowest BCUT2D eigenvalue weighted by Crippen LogP contribution is -2.36. The van der Waals surface area contributed by atoms with E-state index in [0.29, 0.717) is 12.1 Å². The molecule has 2 amide bonds. The summed E-state index contributed by atoms with van der Waals surface area (Å²) in [4.78, 5) is 26.9. The Hall–Kier alpha value is -2.66. The molecule has 28 heavy (non-hydrogen) atoms. The first kappa shape index (κ1) is 20.1. The number of nitrogens with zero attached hydrogens (tertiary/aromatic N) is 1. The van der Waals surface area contributed by atoms with Gasteiger partial charge in [-0.05, 0) is 74.2 Å². The molecule has 5 heteroatoms. The molecule has 0 radical (unpaired) electrons. The highest BCUT2D eigenvalue weighted by molar-refractivity contribution is 5.96. The molecule has 2 aromatic rings. The molecule has 1 saturated heterocycles. The second-order valence-corrected chi connectivity index (χ2v) is 7.51. The lowest BCUT2D eigenvalue weighted by Gasteiger charge is -2.17. The molecule has 0 bridgehead atoms. The molecule has 0 spiro atoms. The summed E-state index contributed by atoms with van der Waals surface area (Å²) >= 11 is 0. The van der Waals surface area contributed by atoms with Crippen molar-refractivity contribution in [3.8, 4) is 0 Å². The highest BCUT2D eigenvalue weighted by Gasteiger charge is 2.14. The maximum Gasteiger partial charge on any atom is 0.251 e. The van der Waals surface area contributed by atoms with Crippen molar-refractivity contribution in [2.24, 2.45) is 0 Å². The number of carbonyl (C=O) groups is 2. The lowest BCUT2D eigenvalue weighted by molar-refractivity contribution is -0.120. The molecule has 1 fully saturated rings. The fourth-order valence-corrected chi connectivity index (χ4v) is 3.47. The van der Waals surface area contributed by atoms with Gasteiger partial charge in [0.05, 0.1) is 6.54 Å². The number of nitrogens with one attached hydrogen (secondary N) is 2. The predicted molar refractivity (Wildman–Crippen MR) is 111 cm³/mol. The number of hydrogen-bond acceptors (Lipinski definition) is 3. The van der Waals surface area contributed by atoms with Crippen LogP contribution in [-0.4, -0.2) is 36.3 Å². The Bertz CT molecular complexity index is 841. The second kappa shape index (κ2) is 9.51. The van der Waals surface area contributed by atoms with Crippen LogP contribution in [0.15, 0.2) is 42.5 Å². The first-order chi connectivity index (χ1) is 13.5. The van der Waals surface area contributed by atoms with Crippen LogP contribution in [0.2, 0.25) is 0 Å². The molecule has 0 aliphatic carbocycles. The van der Waals surface area contributed by atoms with Crippen molar-refractivity contribution >= 4 is 11.8 Å². The number of hydrogen-bond donors (Lipinski definition) is 2. The quantitative estimate of drug-likeness (QED) is 0.778. The number of rotatable bonds is 7. The van der Waals surface area contributed by atoms with Gasteiger partial charge in [0.15, 0.2) is 0 Å². The molecular formula is C23H29N3O2. The van der Waals surface area contributed by atoms with Crippen LogP contribution in [0.1, 0.15) is 45.5 Å². The van der Waals surface area contributed by atoms with Crippen LogP contribution in [0.3, 0.4) is 0 Å². The maximum atomic E-state index is 12.2. The molecule has 3 rings (SSSR count). The summed E-state index contributed by atoms with van der Waals surface area (Å²) < 4.78 is 0. The zero-order valence-corrected chi connectivity index (χ0v) is 16.8. The van der Waals surface area contributed by atoms with Gasteiger partial charge in [-0.1, -0.05) is 30.3 Å². The average molecular weight is 380 g/mol. The van der Waals surface area contributed by atoms with Crippen LogP contribution in [0, 0.1) is 13.8 Å². The minimum atomic E-state index is -0.229. The Morgan fingerprint density at radius 2 is 1.64 bits per heavy atom. The summed E-state index contributed by atoms with van der Waals surface area (Å²) in [5.74, 6) is -0.416. The number of benzene rings is 2. The van der Waals surface area contributed by atoms with Crippen molar-refractivity contribution in [3.05, 3.63) is 70.3 Å². The molecule has 0 unspecified atom stereocenters. The lowest BCUT2D eigenvalue weighted by atomic mass is 10.1. The first-order valence-electron chi connectivity index (χ1n) is 9.94. The van der Waals surface area contributed by atoms with E-state index in [0.717, 1.165) is 36.3 Å². The Labute approximate surface area is 167 Å². The number of amides is 2. The van der Waals surface area contributed by atoms with Gasteiger partial charge >= 0.3 is 0 Å². The van der Waals surface area contributed by atoms with Gasteiger partial charge in [-0.3, -0.25) is 14.5 Å². The van der Waals surface area contributed by atoms with Gasteiger partial charge in [-0.25, -0.2) is 0 Å². The molecule has 0 aromatic heterocycles. The van der Waals surface area contributed by atoms with E-state index in [1.54, 1.807) is 6.07 Å². The molecule has 0 atom stereocenters. The first-order valence-corrected chi connectivity index (χ1v) is 9.94. The van der Waals surface area contributed by atoms with Crippen molar-refractivity contribution in [2.45, 2.75) is 39.8 Å². The van der Waals surface area contributed by atoms with Gasteiger partial charge < -0.3 is 10.6 Å². The van der Waals surface area contributed by atoms with Gasteiger partial charge in [0.1, 0.15) is 0 Å². The van der Waals surface area contributed by atoms with Crippen molar-refractivity contribution in [2.75, 3.05) is 19.6 Å². The van der Waals surface area contributed by atoms with Crippen LogP contribution in [-0.2, 0) is 17.9 Å². The summed E-state index contributed by atoms with van der Waals surface area (Å²) in [7, 11) is 0. The SMILES string of the molecule is Cc1ccc(C(=O)NCC(=O)NCc2ccccc2CN2CCCC2)cc1C. The fourth-order valence-electron chi connectivity index (χ4n) is 3.47. The van der Waals surface area contributed by atoms with E-state index >= 15 is 0 Å². The topological polar surface area (TPSA) is 61.4 Å². The van der Waals surface area contributed by atoms with Crippen molar-refractivity contribution in [3.63, 3.8) is 0 Å². The van der Waals surface area contributed by atoms with Crippen LogP contribution in [0.4, 0.5) is 0 Å². The number of aryl methyl sites for hydroxylation is 2. The molecule has 1 aliphatic rings. The van der Waals surface area contributed by atoms with Crippen LogP contribution in [0.25, 0.3) is 0 Å². The highest BCUT2D eigenvalue weighted by Crippen LogP contribution is 2.16. The maximum absolute atomic E-state index is 12.2. The number of carbonyl (C=O) groups excluding carboxylic acids is 2. The smallest absolute Gasteiger partial charge is 0.251 e. The van der Waals surface area contributed by atoms with Crippen LogP contribution in [0.5, 0.6) is 0 Å². The van der Waals surface area contributed by atoms with Crippen LogP contribution < -0.4 is 10.6 Å². The Kier molecular flexibility index (Phi) is 6.82. The summed E-state index contributed by atoms with van der Waals surface area (Å²) in [5.41, 5.74) is 5.16. The van der Waals surface area contributed by atoms with Crippen LogP contribution >= 0.6 is 0 Å². The zero-order chi connectivity index (χ0) is 19.9. The predicted octanol–water partition coefficient (Wildman–Crippen LogP) is 2.95. The third-order valence-electron chi connectivity index (χ3n) is 5.37. The van der Waals surface area contributed by atoms with Gasteiger partial charge in [0.25, 0.3) is 5.91 Å². The monoisotopic (exact) mass is 379 g/mol. The molecule has 1 heterocycles. The van der Waals surface area contributed by atoms with Crippen molar-refractivity contribution in [1.29, 1.82) is 0 Å². The standard InChI is InChI=1S/C23H29N3O2/c1-17-9-10-19(13-18(17)2)23(28)25-15-22(27)24-14-20-7-3-4-8-21(20)16-26-11-5-6-12-26/h3-4,7-10,13H,5-6,11-12,14-16H2,1-2H3,(H,24,27)(H,25,28). The minimum absolute atomic E-state index is 0.0277. The molecule has 148 valence electrons.